The molecule has 0 aliphatic carbocycles. The molecule has 0 saturated carbocycles. The number of hydrogen-bond acceptors (Lipinski definition) is 2. The molecule has 1 aromatic carbocycles. The number of nitrogens with zero attached hydrogens (tertiary/aromatic N) is 1. The number of aromatic nitrogens is 1. The Morgan fingerprint density at radius 3 is 2.43 bits per heavy atom. The van der Waals surface area contributed by atoms with Crippen LogP contribution in [0.25, 0.3) is 5.69 Å². The van der Waals surface area contributed by atoms with E-state index in [2.05, 4.69) is 5.32 Å². The molecule has 2 aromatic heterocycles. The predicted molar refractivity (Wildman–Crippen MR) is 80.4 cm³/mol. The second-order valence-corrected chi connectivity index (χ2v) is 4.85. The Labute approximate surface area is 123 Å². The van der Waals surface area contributed by atoms with E-state index in [4.69, 9.17) is 4.42 Å². The van der Waals surface area contributed by atoms with Crippen LogP contribution in [0.2, 0.25) is 0 Å². The van der Waals surface area contributed by atoms with E-state index in [0.29, 0.717) is 5.76 Å². The Kier molecular flexibility index (Phi) is 3.60. The van der Waals surface area contributed by atoms with Gasteiger partial charge in [0.2, 0.25) is 0 Å². The second kappa shape index (κ2) is 5.71. The number of furan rings is 1. The summed E-state index contributed by atoms with van der Waals surface area (Å²) in [5.41, 5.74) is 2.14. The van der Waals surface area contributed by atoms with Crippen molar-refractivity contribution in [3.63, 3.8) is 0 Å². The fourth-order valence-corrected chi connectivity index (χ4v) is 2.20. The average molecular weight is 280 g/mol. The molecule has 1 amide bonds. The molecule has 3 rings (SSSR count). The molecule has 106 valence electrons. The summed E-state index contributed by atoms with van der Waals surface area (Å²) in [7, 11) is 0. The molecule has 0 fully saturated rings. The summed E-state index contributed by atoms with van der Waals surface area (Å²) in [5, 5.41) is 2.91. The molecule has 21 heavy (non-hydrogen) atoms. The van der Waals surface area contributed by atoms with E-state index in [1.54, 1.807) is 12.1 Å². The third-order valence-electron chi connectivity index (χ3n) is 3.39. The highest BCUT2D eigenvalue weighted by molar-refractivity contribution is 5.91. The first-order valence-corrected chi connectivity index (χ1v) is 6.82. The molecule has 4 nitrogen and oxygen atoms in total. The van der Waals surface area contributed by atoms with Gasteiger partial charge >= 0.3 is 0 Å². The highest BCUT2D eigenvalue weighted by Gasteiger charge is 2.13. The zero-order valence-corrected chi connectivity index (χ0v) is 11.7. The fourth-order valence-electron chi connectivity index (χ4n) is 2.20. The van der Waals surface area contributed by atoms with Crippen LogP contribution in [-0.4, -0.2) is 10.5 Å². The van der Waals surface area contributed by atoms with Gasteiger partial charge in [0.1, 0.15) is 0 Å². The van der Waals surface area contributed by atoms with Gasteiger partial charge in [-0.3, -0.25) is 4.79 Å². The van der Waals surface area contributed by atoms with Gasteiger partial charge in [-0.25, -0.2) is 0 Å². The average Bonchev–Trinajstić information content (AvgIpc) is 3.20. The molecule has 4 heteroatoms. The number of carbonyl (C=O) groups is 1. The molecular weight excluding hydrogens is 264 g/mol. The van der Waals surface area contributed by atoms with Crippen LogP contribution in [0.4, 0.5) is 0 Å². The molecule has 0 bridgehead atoms. The van der Waals surface area contributed by atoms with Gasteiger partial charge in [0.05, 0.1) is 12.3 Å². The molecule has 0 saturated heterocycles. The van der Waals surface area contributed by atoms with E-state index in [0.717, 1.165) is 11.3 Å². The third kappa shape index (κ3) is 2.89. The zero-order valence-electron chi connectivity index (χ0n) is 11.7. The van der Waals surface area contributed by atoms with Gasteiger partial charge in [-0.2, -0.15) is 0 Å². The van der Waals surface area contributed by atoms with E-state index in [1.807, 2.05) is 60.3 Å². The number of amides is 1. The lowest BCUT2D eigenvalue weighted by Gasteiger charge is -2.14. The fraction of sp³-hybridized carbons (Fsp3) is 0.118. The lowest BCUT2D eigenvalue weighted by atomic mass is 10.1. The van der Waals surface area contributed by atoms with Crippen molar-refractivity contribution in [2.75, 3.05) is 0 Å². The SMILES string of the molecule is CC(NC(=O)c1ccco1)c1ccc(-n2cccc2)cc1. The van der Waals surface area contributed by atoms with Crippen LogP contribution in [0.3, 0.4) is 0 Å². The monoisotopic (exact) mass is 280 g/mol. The Morgan fingerprint density at radius 2 is 1.81 bits per heavy atom. The normalized spacial score (nSPS) is 12.0. The summed E-state index contributed by atoms with van der Waals surface area (Å²) < 4.78 is 7.12. The van der Waals surface area contributed by atoms with Crippen LogP contribution in [0.1, 0.15) is 29.1 Å². The first kappa shape index (κ1) is 13.2. The van der Waals surface area contributed by atoms with Crippen molar-refractivity contribution in [3.8, 4) is 5.69 Å². The molecule has 0 aliphatic heterocycles. The van der Waals surface area contributed by atoms with E-state index < -0.39 is 0 Å². The van der Waals surface area contributed by atoms with Crippen LogP contribution in [0.15, 0.2) is 71.6 Å². The first-order chi connectivity index (χ1) is 10.2. The van der Waals surface area contributed by atoms with E-state index >= 15 is 0 Å². The maximum absolute atomic E-state index is 11.9. The Morgan fingerprint density at radius 1 is 1.10 bits per heavy atom. The maximum atomic E-state index is 11.9. The number of carbonyl (C=O) groups excluding carboxylic acids is 1. The molecule has 2 heterocycles. The van der Waals surface area contributed by atoms with E-state index in [-0.39, 0.29) is 11.9 Å². The van der Waals surface area contributed by atoms with Gasteiger partial charge in [0, 0.05) is 18.1 Å². The minimum atomic E-state index is -0.206. The van der Waals surface area contributed by atoms with Crippen molar-refractivity contribution >= 4 is 5.91 Å². The molecule has 1 N–H and O–H groups in total. The Hall–Kier alpha value is -2.75. The molecule has 0 radical (unpaired) electrons. The van der Waals surface area contributed by atoms with Gasteiger partial charge in [-0.05, 0) is 48.9 Å². The number of hydrogen-bond donors (Lipinski definition) is 1. The van der Waals surface area contributed by atoms with Crippen LogP contribution < -0.4 is 5.32 Å². The van der Waals surface area contributed by atoms with Crippen LogP contribution >= 0.6 is 0 Å². The van der Waals surface area contributed by atoms with Gasteiger partial charge in [0.25, 0.3) is 5.91 Å². The summed E-state index contributed by atoms with van der Waals surface area (Å²) in [4.78, 5) is 11.9. The molecule has 1 atom stereocenters. The summed E-state index contributed by atoms with van der Waals surface area (Å²) >= 11 is 0. The van der Waals surface area contributed by atoms with Gasteiger partial charge in [-0.15, -0.1) is 0 Å². The Balaban J connectivity index is 1.70. The summed E-state index contributed by atoms with van der Waals surface area (Å²) in [6, 6.07) is 15.3. The van der Waals surface area contributed by atoms with Crippen molar-refractivity contribution in [1.82, 2.24) is 9.88 Å². The minimum Gasteiger partial charge on any atom is -0.459 e. The zero-order chi connectivity index (χ0) is 14.7. The molecule has 1 unspecified atom stereocenters. The summed E-state index contributed by atoms with van der Waals surface area (Å²) in [5.74, 6) is 0.118. The van der Waals surface area contributed by atoms with Crippen molar-refractivity contribution < 1.29 is 9.21 Å². The number of rotatable bonds is 4. The van der Waals surface area contributed by atoms with Gasteiger partial charge < -0.3 is 14.3 Å². The van der Waals surface area contributed by atoms with Gasteiger partial charge in [0.15, 0.2) is 5.76 Å². The first-order valence-electron chi connectivity index (χ1n) is 6.82. The van der Waals surface area contributed by atoms with Crippen molar-refractivity contribution in [2.24, 2.45) is 0 Å². The molecule has 0 spiro atoms. The number of benzene rings is 1. The topological polar surface area (TPSA) is 47.2 Å². The molecule has 0 aliphatic rings. The van der Waals surface area contributed by atoms with Crippen LogP contribution in [-0.2, 0) is 0 Å². The lowest BCUT2D eigenvalue weighted by Crippen LogP contribution is -2.26. The third-order valence-corrected chi connectivity index (χ3v) is 3.39. The molecular formula is C17H16N2O2. The largest absolute Gasteiger partial charge is 0.459 e. The van der Waals surface area contributed by atoms with Crippen LogP contribution in [0.5, 0.6) is 0 Å². The van der Waals surface area contributed by atoms with Gasteiger partial charge in [-0.1, -0.05) is 12.1 Å². The number of nitrogens with one attached hydrogen (secondary N) is 1. The van der Waals surface area contributed by atoms with Crippen molar-refractivity contribution in [1.29, 1.82) is 0 Å². The van der Waals surface area contributed by atoms with Crippen LogP contribution in [0, 0.1) is 0 Å². The maximum Gasteiger partial charge on any atom is 0.287 e. The standard InChI is InChI=1S/C17H16N2O2/c1-13(18-17(20)16-5-4-12-21-16)14-6-8-15(9-7-14)19-10-2-3-11-19/h2-13H,1H3,(H,18,20). The minimum absolute atomic E-state index is 0.0821. The highest BCUT2D eigenvalue weighted by Crippen LogP contribution is 2.16. The predicted octanol–water partition coefficient (Wildman–Crippen LogP) is 3.56. The van der Waals surface area contributed by atoms with Crippen molar-refractivity contribution in [2.45, 2.75) is 13.0 Å². The summed E-state index contributed by atoms with van der Waals surface area (Å²) in [6.07, 6.45) is 5.49. The Bertz CT molecular complexity index is 698. The van der Waals surface area contributed by atoms with E-state index in [9.17, 15) is 4.79 Å². The smallest absolute Gasteiger partial charge is 0.287 e. The lowest BCUT2D eigenvalue weighted by molar-refractivity contribution is 0.0912. The summed E-state index contributed by atoms with van der Waals surface area (Å²) in [6.45, 7) is 1.95. The quantitative estimate of drug-likeness (QED) is 0.794. The van der Waals surface area contributed by atoms with E-state index in [1.165, 1.54) is 6.26 Å². The molecule has 3 aromatic rings. The second-order valence-electron chi connectivity index (χ2n) is 4.85. The highest BCUT2D eigenvalue weighted by atomic mass is 16.3. The van der Waals surface area contributed by atoms with Crippen molar-refractivity contribution in [3.05, 3.63) is 78.5 Å².